The predicted molar refractivity (Wildman–Crippen MR) is 83.4 cm³/mol. The maximum absolute atomic E-state index is 5.74. The monoisotopic (exact) mass is 265 g/mol. The van der Waals surface area contributed by atoms with Crippen LogP contribution >= 0.6 is 11.8 Å². The Balaban J connectivity index is 2.31. The zero-order chi connectivity index (χ0) is 13.6. The minimum absolute atomic E-state index is 0.250. The van der Waals surface area contributed by atoms with Crippen molar-refractivity contribution in [2.45, 2.75) is 63.3 Å². The molecule has 0 aromatic heterocycles. The molecule has 0 saturated carbocycles. The normalized spacial score (nSPS) is 13.6. The highest BCUT2D eigenvalue weighted by atomic mass is 32.2. The summed E-state index contributed by atoms with van der Waals surface area (Å²) >= 11 is 1.95. The quantitative estimate of drug-likeness (QED) is 0.601. The average molecular weight is 265 g/mol. The van der Waals surface area contributed by atoms with Crippen LogP contribution in [0.3, 0.4) is 0 Å². The zero-order valence-electron chi connectivity index (χ0n) is 12.2. The van der Waals surface area contributed by atoms with Crippen LogP contribution in [0.1, 0.15) is 52.5 Å². The number of hydrogen-bond acceptors (Lipinski definition) is 2. The molecule has 1 unspecified atom stereocenters. The molecule has 1 atom stereocenters. The van der Waals surface area contributed by atoms with E-state index in [9.17, 15) is 0 Å². The minimum Gasteiger partial charge on any atom is -0.328 e. The molecule has 102 valence electrons. The van der Waals surface area contributed by atoms with Gasteiger partial charge in [-0.05, 0) is 48.6 Å². The Morgan fingerprint density at radius 3 is 2.22 bits per heavy atom. The summed E-state index contributed by atoms with van der Waals surface area (Å²) in [6.45, 7) is 8.84. The summed E-state index contributed by atoms with van der Waals surface area (Å²) in [4.78, 5) is 1.38. The summed E-state index contributed by atoms with van der Waals surface area (Å²) < 4.78 is 0. The van der Waals surface area contributed by atoms with Gasteiger partial charge in [-0.2, -0.15) is 0 Å². The molecule has 18 heavy (non-hydrogen) atoms. The number of rotatable bonds is 6. The fourth-order valence-electron chi connectivity index (χ4n) is 1.81. The Morgan fingerprint density at radius 1 is 1.11 bits per heavy atom. The fourth-order valence-corrected chi connectivity index (χ4v) is 2.72. The third-order valence-corrected chi connectivity index (χ3v) is 4.14. The molecule has 0 aliphatic rings. The maximum atomic E-state index is 5.74. The Morgan fingerprint density at radius 2 is 1.72 bits per heavy atom. The van der Waals surface area contributed by atoms with Crippen molar-refractivity contribution in [3.63, 3.8) is 0 Å². The van der Waals surface area contributed by atoms with Crippen molar-refractivity contribution < 1.29 is 0 Å². The van der Waals surface area contributed by atoms with E-state index in [0.717, 1.165) is 6.42 Å². The number of unbranched alkanes of at least 4 members (excludes halogenated alkanes) is 1. The summed E-state index contributed by atoms with van der Waals surface area (Å²) in [5.74, 6) is 1.20. The molecule has 0 spiro atoms. The van der Waals surface area contributed by atoms with Gasteiger partial charge in [0.2, 0.25) is 0 Å². The topological polar surface area (TPSA) is 26.0 Å². The van der Waals surface area contributed by atoms with Gasteiger partial charge in [0.05, 0.1) is 0 Å². The predicted octanol–water partition coefficient (Wildman–Crippen LogP) is 4.59. The van der Waals surface area contributed by atoms with E-state index in [0.29, 0.717) is 6.04 Å². The molecule has 0 radical (unpaired) electrons. The van der Waals surface area contributed by atoms with E-state index in [1.165, 1.54) is 29.1 Å². The van der Waals surface area contributed by atoms with E-state index in [1.807, 2.05) is 11.8 Å². The van der Waals surface area contributed by atoms with Gasteiger partial charge in [-0.25, -0.2) is 0 Å². The van der Waals surface area contributed by atoms with Crippen molar-refractivity contribution in [3.8, 4) is 0 Å². The van der Waals surface area contributed by atoms with Crippen molar-refractivity contribution in [2.24, 2.45) is 5.73 Å². The Labute approximate surface area is 117 Å². The molecule has 1 aromatic carbocycles. The smallest absolute Gasteiger partial charge is 0.00721 e. The molecule has 2 N–H and O–H groups in total. The second kappa shape index (κ2) is 7.20. The van der Waals surface area contributed by atoms with Crippen LogP contribution in [0.2, 0.25) is 0 Å². The molecule has 0 fully saturated rings. The molecule has 0 amide bonds. The lowest BCUT2D eigenvalue weighted by atomic mass is 9.87. The summed E-state index contributed by atoms with van der Waals surface area (Å²) in [6.07, 6.45) is 3.64. The number of nitrogens with two attached hydrogens (primary N) is 1. The van der Waals surface area contributed by atoms with Gasteiger partial charge in [0, 0.05) is 10.9 Å². The first-order valence-corrected chi connectivity index (χ1v) is 7.87. The second-order valence-electron chi connectivity index (χ2n) is 6.10. The highest BCUT2D eigenvalue weighted by Gasteiger charge is 2.12. The van der Waals surface area contributed by atoms with Crippen LogP contribution in [0.25, 0.3) is 0 Å². The van der Waals surface area contributed by atoms with Gasteiger partial charge >= 0.3 is 0 Å². The summed E-state index contributed by atoms with van der Waals surface area (Å²) in [5, 5.41) is 0. The molecule has 0 saturated heterocycles. The molecule has 0 aliphatic carbocycles. The summed E-state index contributed by atoms with van der Waals surface area (Å²) in [7, 11) is 0. The fraction of sp³-hybridized carbons (Fsp3) is 0.625. The van der Waals surface area contributed by atoms with Crippen LogP contribution < -0.4 is 5.73 Å². The molecule has 2 heteroatoms. The molecule has 0 aliphatic heterocycles. The highest BCUT2D eigenvalue weighted by molar-refractivity contribution is 7.99. The van der Waals surface area contributed by atoms with Crippen LogP contribution in [0.15, 0.2) is 29.2 Å². The average Bonchev–Trinajstić information content (AvgIpc) is 2.27. The first-order valence-electron chi connectivity index (χ1n) is 6.88. The standard InChI is InChI=1S/C16H27NS/c1-13(17)7-5-6-12-18-15-10-8-14(9-11-15)16(2,3)4/h8-11,13H,5-7,12,17H2,1-4H3. The second-order valence-corrected chi connectivity index (χ2v) is 7.26. The molecule has 1 aromatic rings. The van der Waals surface area contributed by atoms with Crippen LogP contribution in [0, 0.1) is 0 Å². The zero-order valence-corrected chi connectivity index (χ0v) is 13.0. The van der Waals surface area contributed by atoms with E-state index in [2.05, 4.69) is 52.0 Å². The number of thioether (sulfide) groups is 1. The van der Waals surface area contributed by atoms with Crippen LogP contribution in [0.4, 0.5) is 0 Å². The third kappa shape index (κ3) is 5.92. The lowest BCUT2D eigenvalue weighted by Gasteiger charge is -2.19. The largest absolute Gasteiger partial charge is 0.328 e. The Hall–Kier alpha value is -0.470. The number of benzene rings is 1. The van der Waals surface area contributed by atoms with E-state index in [4.69, 9.17) is 5.73 Å². The summed E-state index contributed by atoms with van der Waals surface area (Å²) in [5.41, 5.74) is 7.39. The lowest BCUT2D eigenvalue weighted by molar-refractivity contribution is 0.590. The van der Waals surface area contributed by atoms with Crippen LogP contribution in [-0.2, 0) is 5.41 Å². The van der Waals surface area contributed by atoms with Crippen molar-refractivity contribution in [2.75, 3.05) is 5.75 Å². The van der Waals surface area contributed by atoms with E-state index in [1.54, 1.807) is 0 Å². The Kier molecular flexibility index (Phi) is 6.24. The van der Waals surface area contributed by atoms with Crippen molar-refractivity contribution in [1.82, 2.24) is 0 Å². The van der Waals surface area contributed by atoms with Crippen molar-refractivity contribution in [3.05, 3.63) is 29.8 Å². The molecule has 1 nitrogen and oxygen atoms in total. The van der Waals surface area contributed by atoms with Gasteiger partial charge < -0.3 is 5.73 Å². The maximum Gasteiger partial charge on any atom is 0.00721 e. The molecular formula is C16H27NS. The van der Waals surface area contributed by atoms with Gasteiger partial charge in [-0.15, -0.1) is 11.8 Å². The SMILES string of the molecule is CC(N)CCCCSc1ccc(C(C)(C)C)cc1. The first-order chi connectivity index (χ1) is 8.39. The van der Waals surface area contributed by atoms with Crippen molar-refractivity contribution in [1.29, 1.82) is 0 Å². The van der Waals surface area contributed by atoms with Gasteiger partial charge in [0.15, 0.2) is 0 Å². The highest BCUT2D eigenvalue weighted by Crippen LogP contribution is 2.26. The Bertz CT molecular complexity index is 335. The van der Waals surface area contributed by atoms with Gasteiger partial charge in [-0.3, -0.25) is 0 Å². The molecular weight excluding hydrogens is 238 g/mol. The van der Waals surface area contributed by atoms with Gasteiger partial charge in [0.1, 0.15) is 0 Å². The van der Waals surface area contributed by atoms with Crippen LogP contribution in [0.5, 0.6) is 0 Å². The number of hydrogen-bond donors (Lipinski definition) is 1. The van der Waals surface area contributed by atoms with Crippen molar-refractivity contribution >= 4 is 11.8 Å². The van der Waals surface area contributed by atoms with Crippen LogP contribution in [-0.4, -0.2) is 11.8 Å². The minimum atomic E-state index is 0.250. The third-order valence-electron chi connectivity index (χ3n) is 3.04. The van der Waals surface area contributed by atoms with Gasteiger partial charge in [0.25, 0.3) is 0 Å². The summed E-state index contributed by atoms with van der Waals surface area (Å²) in [6, 6.07) is 9.35. The lowest BCUT2D eigenvalue weighted by Crippen LogP contribution is -2.14. The molecule has 1 rings (SSSR count). The van der Waals surface area contributed by atoms with E-state index in [-0.39, 0.29) is 5.41 Å². The molecule has 0 bridgehead atoms. The van der Waals surface area contributed by atoms with E-state index >= 15 is 0 Å². The van der Waals surface area contributed by atoms with Gasteiger partial charge in [-0.1, -0.05) is 39.3 Å². The molecule has 0 heterocycles. The first kappa shape index (κ1) is 15.6. The van der Waals surface area contributed by atoms with E-state index < -0.39 is 0 Å².